The summed E-state index contributed by atoms with van der Waals surface area (Å²) in [4.78, 5) is 2.35. The van der Waals surface area contributed by atoms with Gasteiger partial charge in [0.15, 0.2) is 0 Å². The number of likely N-dealkylation sites (tertiary alicyclic amines) is 1. The Morgan fingerprint density at radius 1 is 1.67 bits per heavy atom. The van der Waals surface area contributed by atoms with Crippen molar-refractivity contribution in [3.05, 3.63) is 0 Å². The van der Waals surface area contributed by atoms with Gasteiger partial charge >= 0.3 is 0 Å². The van der Waals surface area contributed by atoms with Gasteiger partial charge in [-0.25, -0.2) is 0 Å². The van der Waals surface area contributed by atoms with E-state index in [-0.39, 0.29) is 6.10 Å². The Hall–Kier alpha value is -0.120. The predicted molar refractivity (Wildman–Crippen MR) is 48.1 cm³/mol. The van der Waals surface area contributed by atoms with E-state index in [1.807, 2.05) is 6.92 Å². The van der Waals surface area contributed by atoms with Crippen LogP contribution in [-0.2, 0) is 4.74 Å². The minimum absolute atomic E-state index is 0.155. The van der Waals surface area contributed by atoms with Gasteiger partial charge in [-0.05, 0) is 25.8 Å². The summed E-state index contributed by atoms with van der Waals surface area (Å²) in [5.41, 5.74) is 0. The minimum atomic E-state index is -0.155. The van der Waals surface area contributed by atoms with Crippen LogP contribution in [0.15, 0.2) is 0 Å². The van der Waals surface area contributed by atoms with E-state index in [4.69, 9.17) is 4.74 Å². The van der Waals surface area contributed by atoms with Gasteiger partial charge < -0.3 is 14.7 Å². The number of methoxy groups -OCH3 is 1. The molecule has 0 aliphatic carbocycles. The first-order valence-electron chi connectivity index (χ1n) is 4.63. The predicted octanol–water partition coefficient (Wildman–Crippen LogP) is 0.336. The van der Waals surface area contributed by atoms with E-state index < -0.39 is 0 Å². The highest BCUT2D eigenvalue weighted by Gasteiger charge is 2.25. The van der Waals surface area contributed by atoms with Gasteiger partial charge in [-0.2, -0.15) is 0 Å². The van der Waals surface area contributed by atoms with E-state index in [0.29, 0.717) is 5.92 Å². The number of nitrogens with zero attached hydrogens (tertiary/aromatic N) is 1. The van der Waals surface area contributed by atoms with Gasteiger partial charge in [-0.3, -0.25) is 0 Å². The number of ether oxygens (including phenoxy) is 1. The highest BCUT2D eigenvalue weighted by Crippen LogP contribution is 2.18. The monoisotopic (exact) mass is 173 g/mol. The van der Waals surface area contributed by atoms with Crippen LogP contribution in [0.2, 0.25) is 0 Å². The first-order chi connectivity index (χ1) is 5.74. The zero-order valence-corrected chi connectivity index (χ0v) is 7.99. The molecule has 0 aromatic rings. The molecule has 12 heavy (non-hydrogen) atoms. The lowest BCUT2D eigenvalue weighted by atomic mass is 10.0. The van der Waals surface area contributed by atoms with Crippen molar-refractivity contribution < 1.29 is 9.84 Å². The smallest absolute Gasteiger partial charge is 0.0589 e. The topological polar surface area (TPSA) is 32.7 Å². The molecule has 2 atom stereocenters. The first-order valence-corrected chi connectivity index (χ1v) is 4.63. The van der Waals surface area contributed by atoms with Gasteiger partial charge in [0.05, 0.1) is 12.7 Å². The van der Waals surface area contributed by atoms with Gasteiger partial charge in [0.1, 0.15) is 0 Å². The van der Waals surface area contributed by atoms with E-state index in [2.05, 4.69) is 4.90 Å². The normalized spacial score (nSPS) is 27.8. The third-order valence-electron chi connectivity index (χ3n) is 2.60. The van der Waals surface area contributed by atoms with Gasteiger partial charge in [-0.1, -0.05) is 0 Å². The Bertz CT molecular complexity index is 128. The van der Waals surface area contributed by atoms with Gasteiger partial charge in [0, 0.05) is 20.2 Å². The maximum Gasteiger partial charge on any atom is 0.0589 e. The first kappa shape index (κ1) is 9.96. The van der Waals surface area contributed by atoms with Crippen LogP contribution in [0.4, 0.5) is 0 Å². The minimum Gasteiger partial charge on any atom is -0.393 e. The van der Waals surface area contributed by atoms with Crippen LogP contribution in [0.5, 0.6) is 0 Å². The summed E-state index contributed by atoms with van der Waals surface area (Å²) >= 11 is 0. The summed E-state index contributed by atoms with van der Waals surface area (Å²) < 4.78 is 5.00. The Morgan fingerprint density at radius 3 is 2.92 bits per heavy atom. The SMILES string of the molecule is COCCN1CCC(C(C)O)C1. The molecule has 0 amide bonds. The fourth-order valence-electron chi connectivity index (χ4n) is 1.68. The van der Waals surface area contributed by atoms with Crippen LogP contribution in [0.1, 0.15) is 13.3 Å². The van der Waals surface area contributed by atoms with Crippen LogP contribution >= 0.6 is 0 Å². The molecule has 3 nitrogen and oxygen atoms in total. The standard InChI is InChI=1S/C9H19NO2/c1-8(11)9-3-4-10(7-9)5-6-12-2/h8-9,11H,3-7H2,1-2H3. The van der Waals surface area contributed by atoms with Crippen molar-refractivity contribution >= 4 is 0 Å². The van der Waals surface area contributed by atoms with Crippen molar-refractivity contribution in [3.63, 3.8) is 0 Å². The number of aliphatic hydroxyl groups excluding tert-OH is 1. The summed E-state index contributed by atoms with van der Waals surface area (Å²) in [6.07, 6.45) is 0.971. The van der Waals surface area contributed by atoms with E-state index in [1.54, 1.807) is 7.11 Å². The molecule has 0 radical (unpaired) electrons. The van der Waals surface area contributed by atoms with Gasteiger partial charge in [-0.15, -0.1) is 0 Å². The maximum absolute atomic E-state index is 9.34. The molecule has 2 unspecified atom stereocenters. The van der Waals surface area contributed by atoms with Gasteiger partial charge in [0.2, 0.25) is 0 Å². The largest absolute Gasteiger partial charge is 0.393 e. The molecule has 0 saturated carbocycles. The summed E-state index contributed by atoms with van der Waals surface area (Å²) in [7, 11) is 1.72. The second kappa shape index (κ2) is 4.80. The zero-order valence-electron chi connectivity index (χ0n) is 7.99. The fraction of sp³-hybridized carbons (Fsp3) is 1.00. The van der Waals surface area contributed by atoms with Crippen LogP contribution in [0.3, 0.4) is 0 Å². The average Bonchev–Trinajstić information content (AvgIpc) is 2.48. The van der Waals surface area contributed by atoms with E-state index in [0.717, 1.165) is 32.7 Å². The fourth-order valence-corrected chi connectivity index (χ4v) is 1.68. The highest BCUT2D eigenvalue weighted by molar-refractivity contribution is 4.78. The molecule has 3 heteroatoms. The van der Waals surface area contributed by atoms with Crippen LogP contribution in [-0.4, -0.2) is 49.5 Å². The summed E-state index contributed by atoms with van der Waals surface area (Å²) in [5.74, 6) is 0.474. The van der Waals surface area contributed by atoms with Crippen molar-refractivity contribution in [2.45, 2.75) is 19.4 Å². The van der Waals surface area contributed by atoms with Crippen LogP contribution < -0.4 is 0 Å². The van der Waals surface area contributed by atoms with E-state index in [1.165, 1.54) is 0 Å². The molecule has 0 aromatic heterocycles. The number of aliphatic hydroxyl groups is 1. The number of hydrogen-bond acceptors (Lipinski definition) is 3. The third-order valence-corrected chi connectivity index (χ3v) is 2.60. The van der Waals surface area contributed by atoms with Crippen LogP contribution in [0, 0.1) is 5.92 Å². The van der Waals surface area contributed by atoms with Crippen LogP contribution in [0.25, 0.3) is 0 Å². The summed E-state index contributed by atoms with van der Waals surface area (Å²) in [6, 6.07) is 0. The lowest BCUT2D eigenvalue weighted by Crippen LogP contribution is -2.27. The molecule has 0 spiro atoms. The molecule has 1 aliphatic rings. The van der Waals surface area contributed by atoms with Crippen molar-refractivity contribution in [2.75, 3.05) is 33.4 Å². The Labute approximate surface area is 74.3 Å². The molecule has 1 saturated heterocycles. The van der Waals surface area contributed by atoms with E-state index >= 15 is 0 Å². The second-order valence-electron chi connectivity index (χ2n) is 3.58. The Morgan fingerprint density at radius 2 is 2.42 bits per heavy atom. The lowest BCUT2D eigenvalue weighted by Gasteiger charge is -2.16. The van der Waals surface area contributed by atoms with Crippen molar-refractivity contribution in [1.82, 2.24) is 4.90 Å². The average molecular weight is 173 g/mol. The molecule has 1 N–H and O–H groups in total. The van der Waals surface area contributed by atoms with Crippen molar-refractivity contribution in [2.24, 2.45) is 5.92 Å². The quantitative estimate of drug-likeness (QED) is 0.665. The maximum atomic E-state index is 9.34. The summed E-state index contributed by atoms with van der Waals surface area (Å²) in [6.45, 7) is 5.82. The highest BCUT2D eigenvalue weighted by atomic mass is 16.5. The number of rotatable bonds is 4. The molecule has 72 valence electrons. The molecule has 1 heterocycles. The molecular formula is C9H19NO2. The lowest BCUT2D eigenvalue weighted by molar-refractivity contribution is 0.119. The second-order valence-corrected chi connectivity index (χ2v) is 3.58. The molecule has 1 fully saturated rings. The summed E-state index contributed by atoms with van der Waals surface area (Å²) in [5, 5.41) is 9.34. The van der Waals surface area contributed by atoms with E-state index in [9.17, 15) is 5.11 Å². The zero-order chi connectivity index (χ0) is 8.97. The molecule has 1 aliphatic heterocycles. The Balaban J connectivity index is 2.17. The molecule has 0 aromatic carbocycles. The van der Waals surface area contributed by atoms with Crippen molar-refractivity contribution in [3.8, 4) is 0 Å². The Kier molecular flexibility index (Phi) is 3.98. The van der Waals surface area contributed by atoms with Gasteiger partial charge in [0.25, 0.3) is 0 Å². The van der Waals surface area contributed by atoms with Crippen molar-refractivity contribution in [1.29, 1.82) is 0 Å². The third kappa shape index (κ3) is 2.73. The number of hydrogen-bond donors (Lipinski definition) is 1. The molecular weight excluding hydrogens is 154 g/mol. The molecule has 1 rings (SSSR count). The molecule has 0 bridgehead atoms.